The molecule has 5 atom stereocenters. The number of carbonyl (C=O) groups excluding carboxylic acids is 3. The Morgan fingerprint density at radius 3 is 2.14 bits per heavy atom. The second-order valence-corrected chi connectivity index (χ2v) is 11.5. The van der Waals surface area contributed by atoms with Crippen LogP contribution < -0.4 is 21.7 Å². The van der Waals surface area contributed by atoms with Gasteiger partial charge < -0.3 is 36.9 Å². The minimum atomic E-state index is -1.22. The Labute approximate surface area is 251 Å². The lowest BCUT2D eigenvalue weighted by molar-refractivity contribution is -0.142. The minimum absolute atomic E-state index is 0.0350. The summed E-state index contributed by atoms with van der Waals surface area (Å²) >= 11 is 0. The molecule has 0 saturated heterocycles. The summed E-state index contributed by atoms with van der Waals surface area (Å²) in [5, 5.41) is 28.4. The zero-order valence-corrected chi connectivity index (χ0v) is 25.1. The number of phenolic OH excluding ortho intramolecular Hbond substituents is 1. The number of phenols is 1. The van der Waals surface area contributed by atoms with Crippen molar-refractivity contribution < 1.29 is 29.4 Å². The van der Waals surface area contributed by atoms with Crippen LogP contribution in [0.2, 0.25) is 0 Å². The standard InChI is InChI=1S/C32H43N5O6/c1-5-19(4)28(31(41)36-27(32(42)43)16-21-17-34-25-9-7-6-8-23(21)25)37-30(40)26(14-18(2)3)35-29(39)24(33)15-20-10-12-22(38)13-11-20/h6-13,17-19,24,26-28,34,38H,5,14-16,33H2,1-4H3,(H,35,39)(H,36,41)(H,37,40)(H,42,43). The van der Waals surface area contributed by atoms with Gasteiger partial charge in [0.25, 0.3) is 0 Å². The molecule has 43 heavy (non-hydrogen) atoms. The number of aromatic amines is 1. The van der Waals surface area contributed by atoms with Gasteiger partial charge in [-0.25, -0.2) is 4.79 Å². The predicted octanol–water partition coefficient (Wildman–Crippen LogP) is 2.62. The summed E-state index contributed by atoms with van der Waals surface area (Å²) in [6, 6.07) is 9.68. The third kappa shape index (κ3) is 9.31. The van der Waals surface area contributed by atoms with Gasteiger partial charge in [0.1, 0.15) is 23.9 Å². The molecule has 11 nitrogen and oxygen atoms in total. The van der Waals surface area contributed by atoms with Crippen LogP contribution in [0, 0.1) is 11.8 Å². The van der Waals surface area contributed by atoms with Crippen molar-refractivity contribution in [2.24, 2.45) is 17.6 Å². The Morgan fingerprint density at radius 2 is 1.51 bits per heavy atom. The van der Waals surface area contributed by atoms with E-state index in [2.05, 4.69) is 20.9 Å². The molecule has 8 N–H and O–H groups in total. The van der Waals surface area contributed by atoms with E-state index >= 15 is 0 Å². The van der Waals surface area contributed by atoms with E-state index in [0.29, 0.717) is 12.8 Å². The minimum Gasteiger partial charge on any atom is -0.508 e. The molecule has 11 heteroatoms. The molecule has 5 unspecified atom stereocenters. The van der Waals surface area contributed by atoms with E-state index < -0.39 is 47.9 Å². The van der Waals surface area contributed by atoms with Crippen molar-refractivity contribution in [2.75, 3.05) is 0 Å². The number of hydrogen-bond acceptors (Lipinski definition) is 6. The van der Waals surface area contributed by atoms with E-state index in [0.717, 1.165) is 22.0 Å². The van der Waals surface area contributed by atoms with Crippen LogP contribution >= 0.6 is 0 Å². The number of aromatic hydroxyl groups is 1. The van der Waals surface area contributed by atoms with Gasteiger partial charge in [-0.2, -0.15) is 0 Å². The van der Waals surface area contributed by atoms with Crippen LogP contribution in [0.4, 0.5) is 0 Å². The summed E-state index contributed by atoms with van der Waals surface area (Å²) in [6.07, 6.45) is 2.82. The number of aromatic nitrogens is 1. The van der Waals surface area contributed by atoms with E-state index in [4.69, 9.17) is 5.73 Å². The second-order valence-electron chi connectivity index (χ2n) is 11.5. The van der Waals surface area contributed by atoms with Crippen molar-refractivity contribution in [2.45, 2.75) is 77.5 Å². The number of fused-ring (bicyclic) bond motifs is 1. The summed E-state index contributed by atoms with van der Waals surface area (Å²) in [4.78, 5) is 55.2. The molecular formula is C32H43N5O6. The molecule has 0 aliphatic heterocycles. The fourth-order valence-corrected chi connectivity index (χ4v) is 4.90. The Hall–Kier alpha value is -4.38. The molecule has 3 amide bonds. The zero-order chi connectivity index (χ0) is 31.7. The highest BCUT2D eigenvalue weighted by atomic mass is 16.4. The Bertz CT molecular complexity index is 1400. The molecule has 3 aromatic rings. The van der Waals surface area contributed by atoms with Gasteiger partial charge in [0.2, 0.25) is 17.7 Å². The van der Waals surface area contributed by atoms with Crippen molar-refractivity contribution in [3.8, 4) is 5.75 Å². The van der Waals surface area contributed by atoms with Crippen molar-refractivity contribution in [1.82, 2.24) is 20.9 Å². The molecule has 0 bridgehead atoms. The summed E-state index contributed by atoms with van der Waals surface area (Å²) < 4.78 is 0. The largest absolute Gasteiger partial charge is 0.508 e. The maximum absolute atomic E-state index is 13.5. The average molecular weight is 594 g/mol. The average Bonchev–Trinajstić information content (AvgIpc) is 3.38. The van der Waals surface area contributed by atoms with Gasteiger partial charge in [-0.1, -0.05) is 64.4 Å². The molecule has 0 radical (unpaired) electrons. The van der Waals surface area contributed by atoms with Crippen LogP contribution in [0.25, 0.3) is 10.9 Å². The Balaban J connectivity index is 1.72. The first-order valence-corrected chi connectivity index (χ1v) is 14.6. The third-order valence-corrected chi connectivity index (χ3v) is 7.58. The lowest BCUT2D eigenvalue weighted by Gasteiger charge is -2.28. The molecule has 0 saturated carbocycles. The van der Waals surface area contributed by atoms with Crippen molar-refractivity contribution in [3.63, 3.8) is 0 Å². The lowest BCUT2D eigenvalue weighted by Crippen LogP contribution is -2.59. The van der Waals surface area contributed by atoms with Crippen LogP contribution in [0.3, 0.4) is 0 Å². The first-order chi connectivity index (χ1) is 20.4. The van der Waals surface area contributed by atoms with Gasteiger partial charge in [-0.15, -0.1) is 0 Å². The summed E-state index contributed by atoms with van der Waals surface area (Å²) in [5.74, 6) is -3.07. The number of carbonyl (C=O) groups is 4. The Kier molecular flexibility index (Phi) is 11.7. The topological polar surface area (TPSA) is 187 Å². The maximum atomic E-state index is 13.5. The molecular weight excluding hydrogens is 550 g/mol. The number of carboxylic acid groups (broad SMARTS) is 1. The van der Waals surface area contributed by atoms with Crippen LogP contribution in [-0.4, -0.2) is 63.1 Å². The van der Waals surface area contributed by atoms with E-state index in [1.165, 1.54) is 12.1 Å². The number of rotatable bonds is 15. The quantitative estimate of drug-likeness (QED) is 0.141. The number of carboxylic acids is 1. The van der Waals surface area contributed by atoms with Gasteiger partial charge in [0, 0.05) is 23.5 Å². The molecule has 1 aromatic heterocycles. The number of amides is 3. The number of benzene rings is 2. The number of hydrogen-bond donors (Lipinski definition) is 7. The second kappa shape index (κ2) is 15.2. The first kappa shape index (κ1) is 33.1. The summed E-state index contributed by atoms with van der Waals surface area (Å²) in [7, 11) is 0. The molecule has 0 aliphatic carbocycles. The SMILES string of the molecule is CCC(C)C(NC(=O)C(CC(C)C)NC(=O)C(N)Cc1ccc(O)cc1)C(=O)NC(Cc1c[nH]c2ccccc12)C(=O)O. The van der Waals surface area contributed by atoms with Gasteiger partial charge in [0.05, 0.1) is 6.04 Å². The fraction of sp³-hybridized carbons (Fsp3) is 0.438. The van der Waals surface area contributed by atoms with Crippen LogP contribution in [0.15, 0.2) is 54.7 Å². The first-order valence-electron chi connectivity index (χ1n) is 14.6. The number of para-hydroxylation sites is 1. The highest BCUT2D eigenvalue weighted by Crippen LogP contribution is 2.20. The molecule has 0 aliphatic rings. The van der Waals surface area contributed by atoms with Crippen LogP contribution in [0.1, 0.15) is 51.7 Å². The molecule has 0 spiro atoms. The molecule has 1 heterocycles. The smallest absolute Gasteiger partial charge is 0.326 e. The zero-order valence-electron chi connectivity index (χ0n) is 25.1. The highest BCUT2D eigenvalue weighted by molar-refractivity contribution is 5.94. The van der Waals surface area contributed by atoms with E-state index in [9.17, 15) is 29.4 Å². The van der Waals surface area contributed by atoms with Gasteiger partial charge in [-0.3, -0.25) is 14.4 Å². The number of aliphatic carboxylic acids is 1. The van der Waals surface area contributed by atoms with Crippen molar-refractivity contribution in [1.29, 1.82) is 0 Å². The highest BCUT2D eigenvalue weighted by Gasteiger charge is 2.33. The van der Waals surface area contributed by atoms with Crippen molar-refractivity contribution in [3.05, 3.63) is 65.9 Å². The number of nitrogens with one attached hydrogen (secondary N) is 4. The molecule has 0 fully saturated rings. The Morgan fingerprint density at radius 1 is 0.860 bits per heavy atom. The van der Waals surface area contributed by atoms with E-state index in [1.54, 1.807) is 25.3 Å². The third-order valence-electron chi connectivity index (χ3n) is 7.58. The monoisotopic (exact) mass is 593 g/mol. The maximum Gasteiger partial charge on any atom is 0.326 e. The summed E-state index contributed by atoms with van der Waals surface area (Å²) in [5.41, 5.74) is 8.49. The predicted molar refractivity (Wildman–Crippen MR) is 164 cm³/mol. The number of H-pyrrole nitrogens is 1. The molecule has 2 aromatic carbocycles. The van der Waals surface area contributed by atoms with Gasteiger partial charge in [0.15, 0.2) is 0 Å². The van der Waals surface area contributed by atoms with Crippen LogP contribution in [0.5, 0.6) is 5.75 Å². The normalized spacial score (nSPS) is 14.8. The van der Waals surface area contributed by atoms with E-state index in [1.807, 2.05) is 45.0 Å². The molecule has 3 rings (SSSR count). The fourth-order valence-electron chi connectivity index (χ4n) is 4.90. The van der Waals surface area contributed by atoms with Gasteiger partial charge in [-0.05, 0) is 54.0 Å². The van der Waals surface area contributed by atoms with Gasteiger partial charge >= 0.3 is 5.97 Å². The van der Waals surface area contributed by atoms with Crippen molar-refractivity contribution >= 4 is 34.6 Å². The number of nitrogens with two attached hydrogens (primary N) is 1. The van der Waals surface area contributed by atoms with Crippen LogP contribution in [-0.2, 0) is 32.0 Å². The lowest BCUT2D eigenvalue weighted by atomic mass is 9.95. The summed E-state index contributed by atoms with van der Waals surface area (Å²) in [6.45, 7) is 7.48. The van der Waals surface area contributed by atoms with E-state index in [-0.39, 0.29) is 30.4 Å². The molecule has 232 valence electrons.